The summed E-state index contributed by atoms with van der Waals surface area (Å²) in [5.41, 5.74) is 2.77. The highest BCUT2D eigenvalue weighted by Gasteiger charge is 2.19. The summed E-state index contributed by atoms with van der Waals surface area (Å²) in [6.07, 6.45) is 3.09. The van der Waals surface area contributed by atoms with E-state index in [1.807, 2.05) is 38.1 Å². The Morgan fingerprint density at radius 3 is 2.67 bits per heavy atom. The lowest BCUT2D eigenvalue weighted by Crippen LogP contribution is -2.45. The Morgan fingerprint density at radius 1 is 1.23 bits per heavy atom. The molecule has 1 aromatic carbocycles. The molecule has 1 saturated heterocycles. The Hall–Kier alpha value is -2.71. The number of hydrogen-bond donors (Lipinski definition) is 0. The van der Waals surface area contributed by atoms with Crippen molar-refractivity contribution in [2.45, 2.75) is 27.3 Å². The minimum absolute atomic E-state index is 0.124. The summed E-state index contributed by atoms with van der Waals surface area (Å²) in [5.74, 6) is -0.709. The van der Waals surface area contributed by atoms with Crippen LogP contribution in [0.2, 0.25) is 0 Å². The fourth-order valence-corrected chi connectivity index (χ4v) is 4.20. The van der Waals surface area contributed by atoms with Gasteiger partial charge in [-0.2, -0.15) is 0 Å². The van der Waals surface area contributed by atoms with Crippen molar-refractivity contribution in [2.75, 3.05) is 32.9 Å². The number of carbonyl (C=O) groups is 2. The van der Waals surface area contributed by atoms with Crippen LogP contribution in [0.15, 0.2) is 23.0 Å². The topological polar surface area (TPSA) is 77.8 Å². The van der Waals surface area contributed by atoms with Crippen LogP contribution in [0.5, 0.6) is 0 Å². The van der Waals surface area contributed by atoms with Crippen molar-refractivity contribution in [2.24, 2.45) is 0 Å². The van der Waals surface area contributed by atoms with Gasteiger partial charge in [0.2, 0.25) is 5.91 Å². The van der Waals surface area contributed by atoms with Crippen molar-refractivity contribution >= 4 is 35.4 Å². The summed E-state index contributed by atoms with van der Waals surface area (Å²) in [6, 6.07) is 6.02. The Balaban J connectivity index is 2.06. The summed E-state index contributed by atoms with van der Waals surface area (Å²) in [4.78, 5) is 39.5. The zero-order valence-corrected chi connectivity index (χ0v) is 18.3. The van der Waals surface area contributed by atoms with Gasteiger partial charge in [0.1, 0.15) is 11.2 Å². The number of esters is 1. The standard InChI is InChI=1S/C22H26N2O5S/c1-4-29-21(26)13-20-24(14-19(25)23-7-9-28-10-8-23)22(27)18(30-20)12-17-11-15(2)5-6-16(17)3/h5-6,11-13H,4,7-10,14H2,1-3H3. The van der Waals surface area contributed by atoms with Crippen LogP contribution in [0.3, 0.4) is 0 Å². The van der Waals surface area contributed by atoms with Crippen molar-refractivity contribution in [1.29, 1.82) is 0 Å². The fraction of sp³-hybridized carbons (Fsp3) is 0.409. The Kier molecular flexibility index (Phi) is 7.23. The number of nitrogens with zero attached hydrogens (tertiary/aromatic N) is 2. The Labute approximate surface area is 178 Å². The van der Waals surface area contributed by atoms with Crippen LogP contribution < -0.4 is 14.8 Å². The van der Waals surface area contributed by atoms with Gasteiger partial charge in [-0.3, -0.25) is 14.2 Å². The van der Waals surface area contributed by atoms with Gasteiger partial charge in [-0.15, -0.1) is 11.3 Å². The first-order chi connectivity index (χ1) is 14.4. The van der Waals surface area contributed by atoms with Crippen LogP contribution in [0.4, 0.5) is 0 Å². The normalized spacial score (nSPS) is 15.5. The minimum atomic E-state index is -0.537. The van der Waals surface area contributed by atoms with Crippen LogP contribution in [0.1, 0.15) is 23.6 Å². The maximum absolute atomic E-state index is 13.1. The highest BCUT2D eigenvalue weighted by molar-refractivity contribution is 7.07. The largest absolute Gasteiger partial charge is 0.463 e. The molecule has 8 heteroatoms. The van der Waals surface area contributed by atoms with Crippen molar-refractivity contribution in [3.05, 3.63) is 54.4 Å². The molecule has 2 aromatic rings. The molecule has 0 aliphatic carbocycles. The van der Waals surface area contributed by atoms with Gasteiger partial charge in [-0.05, 0) is 38.0 Å². The van der Waals surface area contributed by atoms with Crippen LogP contribution in [-0.2, 0) is 25.6 Å². The predicted octanol–water partition coefficient (Wildman–Crippen LogP) is 0.558. The van der Waals surface area contributed by atoms with Gasteiger partial charge in [-0.25, -0.2) is 4.79 Å². The van der Waals surface area contributed by atoms with E-state index < -0.39 is 5.97 Å². The molecule has 0 N–H and O–H groups in total. The third kappa shape index (κ3) is 5.25. The number of aromatic nitrogens is 1. The second-order valence-corrected chi connectivity index (χ2v) is 8.15. The second-order valence-electron chi connectivity index (χ2n) is 7.09. The molecule has 3 rings (SSSR count). The van der Waals surface area contributed by atoms with E-state index in [4.69, 9.17) is 9.47 Å². The number of morpholine rings is 1. The van der Waals surface area contributed by atoms with E-state index in [1.54, 1.807) is 11.8 Å². The zero-order valence-electron chi connectivity index (χ0n) is 17.5. The molecule has 0 spiro atoms. The van der Waals surface area contributed by atoms with E-state index >= 15 is 0 Å². The first kappa shape index (κ1) is 22.0. The van der Waals surface area contributed by atoms with Gasteiger partial charge in [-0.1, -0.05) is 23.8 Å². The molecule has 0 radical (unpaired) electrons. The van der Waals surface area contributed by atoms with Gasteiger partial charge in [0.15, 0.2) is 0 Å². The van der Waals surface area contributed by atoms with E-state index in [-0.39, 0.29) is 24.6 Å². The van der Waals surface area contributed by atoms with Crippen LogP contribution in [-0.4, -0.2) is 54.3 Å². The molecule has 0 unspecified atom stereocenters. The van der Waals surface area contributed by atoms with Crippen molar-refractivity contribution in [1.82, 2.24) is 9.47 Å². The maximum Gasteiger partial charge on any atom is 0.333 e. The third-order valence-corrected chi connectivity index (χ3v) is 5.90. The molecule has 1 amide bonds. The van der Waals surface area contributed by atoms with Crippen molar-refractivity contribution in [3.63, 3.8) is 0 Å². The second kappa shape index (κ2) is 9.86. The van der Waals surface area contributed by atoms with Gasteiger partial charge in [0.25, 0.3) is 5.56 Å². The first-order valence-electron chi connectivity index (χ1n) is 9.91. The molecular weight excluding hydrogens is 404 g/mol. The molecular formula is C22H26N2O5S. The van der Waals surface area contributed by atoms with E-state index in [0.717, 1.165) is 16.7 Å². The summed E-state index contributed by atoms with van der Waals surface area (Å²) in [6.45, 7) is 7.76. The molecule has 1 aliphatic rings. The lowest BCUT2D eigenvalue weighted by atomic mass is 10.1. The van der Waals surface area contributed by atoms with Crippen molar-refractivity contribution < 1.29 is 19.1 Å². The quantitative estimate of drug-likeness (QED) is 0.648. The summed E-state index contributed by atoms with van der Waals surface area (Å²) in [5, 5.41) is 0. The average molecular weight is 431 g/mol. The number of thiazole rings is 1. The SMILES string of the molecule is CCOC(=O)C=c1sc(=Cc2cc(C)ccc2C)c(=O)n1CC(=O)N1CCOCC1. The molecule has 2 heterocycles. The number of benzene rings is 1. The van der Waals surface area contributed by atoms with Gasteiger partial charge in [0, 0.05) is 13.1 Å². The summed E-state index contributed by atoms with van der Waals surface area (Å²) < 4.78 is 12.5. The van der Waals surface area contributed by atoms with Crippen LogP contribution in [0, 0.1) is 13.8 Å². The first-order valence-corrected chi connectivity index (χ1v) is 10.7. The molecule has 1 aromatic heterocycles. The average Bonchev–Trinajstić information content (AvgIpc) is 3.00. The van der Waals surface area contributed by atoms with Crippen LogP contribution in [0.25, 0.3) is 12.2 Å². The zero-order chi connectivity index (χ0) is 21.7. The highest BCUT2D eigenvalue weighted by Crippen LogP contribution is 2.11. The summed E-state index contributed by atoms with van der Waals surface area (Å²) >= 11 is 1.18. The van der Waals surface area contributed by atoms with E-state index in [9.17, 15) is 14.4 Å². The molecule has 1 aliphatic heterocycles. The molecule has 0 atom stereocenters. The molecule has 0 saturated carbocycles. The third-order valence-electron chi connectivity index (χ3n) is 4.84. The lowest BCUT2D eigenvalue weighted by Gasteiger charge is -2.26. The molecule has 7 nitrogen and oxygen atoms in total. The monoisotopic (exact) mass is 430 g/mol. The number of rotatable bonds is 5. The van der Waals surface area contributed by atoms with Gasteiger partial charge in [0.05, 0.1) is 30.4 Å². The number of aryl methyl sites for hydroxylation is 2. The predicted molar refractivity (Wildman–Crippen MR) is 116 cm³/mol. The number of ether oxygens (including phenoxy) is 2. The number of carbonyl (C=O) groups excluding carboxylic acids is 2. The fourth-order valence-electron chi connectivity index (χ4n) is 3.18. The van der Waals surface area contributed by atoms with Crippen molar-refractivity contribution in [3.8, 4) is 0 Å². The van der Waals surface area contributed by atoms with E-state index in [0.29, 0.717) is 35.5 Å². The van der Waals surface area contributed by atoms with E-state index in [1.165, 1.54) is 22.0 Å². The van der Waals surface area contributed by atoms with Crippen LogP contribution >= 0.6 is 11.3 Å². The molecule has 160 valence electrons. The Morgan fingerprint density at radius 2 is 1.97 bits per heavy atom. The number of hydrogen-bond acceptors (Lipinski definition) is 6. The molecule has 30 heavy (non-hydrogen) atoms. The molecule has 0 bridgehead atoms. The highest BCUT2D eigenvalue weighted by atomic mass is 32.1. The van der Waals surface area contributed by atoms with Gasteiger partial charge < -0.3 is 14.4 Å². The minimum Gasteiger partial charge on any atom is -0.463 e. The molecule has 1 fully saturated rings. The smallest absolute Gasteiger partial charge is 0.333 e. The summed E-state index contributed by atoms with van der Waals surface area (Å²) in [7, 11) is 0. The maximum atomic E-state index is 13.1. The lowest BCUT2D eigenvalue weighted by molar-refractivity contribution is -0.136. The van der Waals surface area contributed by atoms with E-state index in [2.05, 4.69) is 0 Å². The number of amides is 1. The Bertz CT molecular complexity index is 1110. The van der Waals surface area contributed by atoms with Gasteiger partial charge >= 0.3 is 5.97 Å².